The zero-order chi connectivity index (χ0) is 9.10. The van der Waals surface area contributed by atoms with Crippen molar-refractivity contribution in [1.82, 2.24) is 4.98 Å². The van der Waals surface area contributed by atoms with Gasteiger partial charge in [0.15, 0.2) is 0 Å². The van der Waals surface area contributed by atoms with Gasteiger partial charge >= 0.3 is 0 Å². The predicted molar refractivity (Wildman–Crippen MR) is 47.0 cm³/mol. The monoisotopic (exact) mass is 175 g/mol. The summed E-state index contributed by atoms with van der Waals surface area (Å²) in [5.74, 6) is 0.535. The van der Waals surface area contributed by atoms with Crippen molar-refractivity contribution in [3.05, 3.63) is 54.2 Å². The maximum Gasteiger partial charge on any atom is 0.138 e. The summed E-state index contributed by atoms with van der Waals surface area (Å²) < 4.78 is 5.07. The molecule has 2 aromatic heterocycles. The lowest BCUT2D eigenvalue weighted by Crippen LogP contribution is -1.97. The van der Waals surface area contributed by atoms with Gasteiger partial charge in [0.05, 0.1) is 6.26 Å². The Morgan fingerprint density at radius 2 is 2.23 bits per heavy atom. The van der Waals surface area contributed by atoms with Gasteiger partial charge < -0.3 is 9.52 Å². The number of rotatable bonds is 2. The van der Waals surface area contributed by atoms with Crippen molar-refractivity contribution < 1.29 is 9.52 Å². The average molecular weight is 175 g/mol. The maximum absolute atomic E-state index is 9.75. The van der Waals surface area contributed by atoms with Crippen molar-refractivity contribution in [3.8, 4) is 0 Å². The summed E-state index contributed by atoms with van der Waals surface area (Å²) in [7, 11) is 0. The number of aliphatic hydroxyl groups is 1. The van der Waals surface area contributed by atoms with Gasteiger partial charge in [0, 0.05) is 18.0 Å². The van der Waals surface area contributed by atoms with Gasteiger partial charge in [-0.1, -0.05) is 6.07 Å². The number of aliphatic hydroxyl groups excluding tert-OH is 1. The van der Waals surface area contributed by atoms with Crippen molar-refractivity contribution in [2.45, 2.75) is 6.10 Å². The first kappa shape index (κ1) is 8.01. The first-order chi connectivity index (χ1) is 6.38. The number of hydrogen-bond acceptors (Lipinski definition) is 3. The van der Waals surface area contributed by atoms with Gasteiger partial charge in [-0.2, -0.15) is 0 Å². The Morgan fingerprint density at radius 3 is 2.85 bits per heavy atom. The molecule has 0 amide bonds. The van der Waals surface area contributed by atoms with Gasteiger partial charge in [-0.25, -0.2) is 0 Å². The second-order valence-electron chi connectivity index (χ2n) is 2.70. The van der Waals surface area contributed by atoms with Crippen LogP contribution in [0.2, 0.25) is 0 Å². The molecule has 0 bridgehead atoms. The molecule has 0 aliphatic carbocycles. The minimum Gasteiger partial charge on any atom is -0.466 e. The molecule has 1 atom stereocenters. The van der Waals surface area contributed by atoms with Gasteiger partial charge in [0.2, 0.25) is 0 Å². The summed E-state index contributed by atoms with van der Waals surface area (Å²) in [4.78, 5) is 3.91. The van der Waals surface area contributed by atoms with E-state index in [9.17, 15) is 5.11 Å². The molecular weight excluding hydrogens is 166 g/mol. The molecule has 0 aliphatic rings. The average Bonchev–Trinajstić information content (AvgIpc) is 2.71. The third kappa shape index (κ3) is 1.60. The van der Waals surface area contributed by atoms with E-state index in [2.05, 4.69) is 4.98 Å². The fourth-order valence-corrected chi connectivity index (χ4v) is 1.15. The zero-order valence-corrected chi connectivity index (χ0v) is 6.92. The van der Waals surface area contributed by atoms with Crippen LogP contribution in [-0.4, -0.2) is 10.1 Å². The van der Waals surface area contributed by atoms with Crippen LogP contribution in [-0.2, 0) is 0 Å². The van der Waals surface area contributed by atoms with E-state index in [0.717, 1.165) is 5.56 Å². The number of pyridine rings is 1. The van der Waals surface area contributed by atoms with Crippen LogP contribution in [0.25, 0.3) is 0 Å². The Hall–Kier alpha value is -1.61. The molecular formula is C10H9NO2. The second kappa shape index (κ2) is 3.41. The van der Waals surface area contributed by atoms with Crippen LogP contribution in [0.5, 0.6) is 0 Å². The molecule has 1 N–H and O–H groups in total. The quantitative estimate of drug-likeness (QED) is 0.756. The van der Waals surface area contributed by atoms with E-state index in [1.54, 1.807) is 36.7 Å². The molecule has 3 nitrogen and oxygen atoms in total. The summed E-state index contributed by atoms with van der Waals surface area (Å²) in [6.45, 7) is 0. The van der Waals surface area contributed by atoms with E-state index >= 15 is 0 Å². The lowest BCUT2D eigenvalue weighted by atomic mass is 10.1. The largest absolute Gasteiger partial charge is 0.466 e. The summed E-state index contributed by atoms with van der Waals surface area (Å²) >= 11 is 0. The Bertz CT molecular complexity index is 356. The predicted octanol–water partition coefficient (Wildman–Crippen LogP) is 1.76. The third-order valence-corrected chi connectivity index (χ3v) is 1.81. The molecule has 0 saturated carbocycles. The highest BCUT2D eigenvalue weighted by atomic mass is 16.4. The van der Waals surface area contributed by atoms with Gasteiger partial charge in [-0.15, -0.1) is 0 Å². The molecule has 0 spiro atoms. The highest BCUT2D eigenvalue weighted by Crippen LogP contribution is 2.20. The fourth-order valence-electron chi connectivity index (χ4n) is 1.15. The summed E-state index contributed by atoms with van der Waals surface area (Å²) in [6.07, 6.45) is 4.10. The smallest absolute Gasteiger partial charge is 0.138 e. The van der Waals surface area contributed by atoms with E-state index in [4.69, 9.17) is 4.42 Å². The lowest BCUT2D eigenvalue weighted by Gasteiger charge is -2.05. The lowest BCUT2D eigenvalue weighted by molar-refractivity contribution is 0.189. The molecule has 2 rings (SSSR count). The van der Waals surface area contributed by atoms with Crippen molar-refractivity contribution >= 4 is 0 Å². The molecule has 0 unspecified atom stereocenters. The van der Waals surface area contributed by atoms with Crippen LogP contribution in [0.15, 0.2) is 47.3 Å². The molecule has 3 heteroatoms. The van der Waals surface area contributed by atoms with Crippen LogP contribution in [0, 0.1) is 0 Å². The molecule has 2 aromatic rings. The Balaban J connectivity index is 2.29. The Morgan fingerprint density at radius 1 is 1.31 bits per heavy atom. The van der Waals surface area contributed by atoms with Gasteiger partial charge in [-0.05, 0) is 18.2 Å². The molecule has 66 valence electrons. The first-order valence-corrected chi connectivity index (χ1v) is 3.99. The van der Waals surface area contributed by atoms with Crippen LogP contribution in [0.3, 0.4) is 0 Å². The minimum atomic E-state index is -0.719. The van der Waals surface area contributed by atoms with E-state index in [1.165, 1.54) is 6.26 Å². The van der Waals surface area contributed by atoms with E-state index in [0.29, 0.717) is 5.76 Å². The normalized spacial score (nSPS) is 12.7. The summed E-state index contributed by atoms with van der Waals surface area (Å²) in [5, 5.41) is 9.75. The highest BCUT2D eigenvalue weighted by molar-refractivity contribution is 5.20. The van der Waals surface area contributed by atoms with Crippen molar-refractivity contribution in [2.24, 2.45) is 0 Å². The molecule has 0 fully saturated rings. The van der Waals surface area contributed by atoms with Crippen molar-refractivity contribution in [2.75, 3.05) is 0 Å². The van der Waals surface area contributed by atoms with Crippen LogP contribution >= 0.6 is 0 Å². The van der Waals surface area contributed by atoms with E-state index in [-0.39, 0.29) is 0 Å². The Kier molecular flexibility index (Phi) is 2.10. The van der Waals surface area contributed by atoms with Crippen molar-refractivity contribution in [1.29, 1.82) is 0 Å². The van der Waals surface area contributed by atoms with Crippen molar-refractivity contribution in [3.63, 3.8) is 0 Å². The molecule has 0 radical (unpaired) electrons. The molecule has 0 saturated heterocycles. The van der Waals surface area contributed by atoms with Crippen LogP contribution in [0.1, 0.15) is 17.4 Å². The molecule has 13 heavy (non-hydrogen) atoms. The van der Waals surface area contributed by atoms with Crippen LogP contribution < -0.4 is 0 Å². The molecule has 2 heterocycles. The van der Waals surface area contributed by atoms with Gasteiger partial charge in [-0.3, -0.25) is 4.98 Å². The Labute approximate surface area is 75.7 Å². The van der Waals surface area contributed by atoms with E-state index < -0.39 is 6.10 Å². The summed E-state index contributed by atoms with van der Waals surface area (Å²) in [6, 6.07) is 7.06. The number of aromatic nitrogens is 1. The van der Waals surface area contributed by atoms with E-state index in [1.807, 2.05) is 0 Å². The summed E-state index contributed by atoms with van der Waals surface area (Å²) in [5.41, 5.74) is 0.734. The molecule has 0 aromatic carbocycles. The SMILES string of the molecule is O[C@@H](c1cccnc1)c1ccco1. The van der Waals surface area contributed by atoms with Crippen LogP contribution in [0.4, 0.5) is 0 Å². The van der Waals surface area contributed by atoms with Gasteiger partial charge in [0.25, 0.3) is 0 Å². The molecule has 0 aliphatic heterocycles. The first-order valence-electron chi connectivity index (χ1n) is 3.99. The minimum absolute atomic E-state index is 0.535. The topological polar surface area (TPSA) is 46.3 Å². The van der Waals surface area contributed by atoms with Gasteiger partial charge in [0.1, 0.15) is 11.9 Å². The second-order valence-corrected chi connectivity index (χ2v) is 2.70. The number of furan rings is 1. The number of hydrogen-bond donors (Lipinski definition) is 1. The zero-order valence-electron chi connectivity index (χ0n) is 6.92. The standard InChI is InChI=1S/C10H9NO2/c12-10(9-4-2-6-13-9)8-3-1-5-11-7-8/h1-7,10,12H/t10-/m0/s1. The number of nitrogens with zero attached hydrogens (tertiary/aromatic N) is 1. The maximum atomic E-state index is 9.75. The fraction of sp³-hybridized carbons (Fsp3) is 0.100. The third-order valence-electron chi connectivity index (χ3n) is 1.81. The highest BCUT2D eigenvalue weighted by Gasteiger charge is 2.12.